The topological polar surface area (TPSA) is 59.0 Å². The third-order valence-electron chi connectivity index (χ3n) is 5.08. The van der Waals surface area contributed by atoms with E-state index in [1.165, 1.54) is 5.56 Å². The SMILES string of the molecule is O=C1N[C@@H](c2cn(Cc3ccccc3)nc2-c2ccccc2)Nc2ccccc21. The van der Waals surface area contributed by atoms with E-state index >= 15 is 0 Å². The molecule has 1 aliphatic heterocycles. The van der Waals surface area contributed by atoms with Gasteiger partial charge in [-0.1, -0.05) is 72.8 Å². The van der Waals surface area contributed by atoms with Crippen molar-refractivity contribution in [3.05, 3.63) is 108 Å². The third kappa shape index (κ3) is 3.38. The van der Waals surface area contributed by atoms with Crippen molar-refractivity contribution in [3.8, 4) is 11.3 Å². The van der Waals surface area contributed by atoms with Gasteiger partial charge < -0.3 is 10.6 Å². The highest BCUT2D eigenvalue weighted by Crippen LogP contribution is 2.32. The van der Waals surface area contributed by atoms with Gasteiger partial charge in [0, 0.05) is 23.0 Å². The fourth-order valence-corrected chi connectivity index (χ4v) is 3.68. The third-order valence-corrected chi connectivity index (χ3v) is 5.08. The summed E-state index contributed by atoms with van der Waals surface area (Å²) >= 11 is 0. The molecule has 0 spiro atoms. The predicted octanol–water partition coefficient (Wildman–Crippen LogP) is 4.45. The van der Waals surface area contributed by atoms with E-state index < -0.39 is 0 Å². The van der Waals surface area contributed by atoms with Crippen molar-refractivity contribution in [1.29, 1.82) is 0 Å². The van der Waals surface area contributed by atoms with Gasteiger partial charge in [0.05, 0.1) is 17.8 Å². The Kier molecular flexibility index (Phi) is 4.33. The van der Waals surface area contributed by atoms with Crippen LogP contribution in [0.15, 0.2) is 91.1 Å². The molecule has 3 aromatic carbocycles. The van der Waals surface area contributed by atoms with E-state index in [0.29, 0.717) is 12.1 Å². The van der Waals surface area contributed by atoms with Gasteiger partial charge in [-0.3, -0.25) is 9.48 Å². The van der Waals surface area contributed by atoms with Crippen molar-refractivity contribution >= 4 is 11.6 Å². The Labute approximate surface area is 169 Å². The van der Waals surface area contributed by atoms with Crippen LogP contribution >= 0.6 is 0 Å². The van der Waals surface area contributed by atoms with Crippen LogP contribution in [0, 0.1) is 0 Å². The Morgan fingerprint density at radius 3 is 2.31 bits per heavy atom. The van der Waals surface area contributed by atoms with Crippen LogP contribution in [-0.4, -0.2) is 15.7 Å². The van der Waals surface area contributed by atoms with Gasteiger partial charge in [0.2, 0.25) is 0 Å². The van der Waals surface area contributed by atoms with E-state index in [4.69, 9.17) is 5.10 Å². The van der Waals surface area contributed by atoms with Gasteiger partial charge in [-0.2, -0.15) is 5.10 Å². The second kappa shape index (κ2) is 7.28. The molecule has 1 aromatic heterocycles. The fourth-order valence-electron chi connectivity index (χ4n) is 3.68. The minimum Gasteiger partial charge on any atom is -0.361 e. The molecule has 0 aliphatic carbocycles. The van der Waals surface area contributed by atoms with E-state index in [2.05, 4.69) is 22.8 Å². The number of benzene rings is 3. The standard InChI is InChI=1S/C24H20N4O/c29-24-19-13-7-8-14-21(19)25-23(26-24)20-16-28(15-17-9-3-1-4-10-17)27-22(20)18-11-5-2-6-12-18/h1-14,16,23,25H,15H2,(H,26,29)/t23-/m0/s1. The molecule has 4 aromatic rings. The molecular formula is C24H20N4O. The van der Waals surface area contributed by atoms with Gasteiger partial charge in [0.1, 0.15) is 6.17 Å². The van der Waals surface area contributed by atoms with Gasteiger partial charge in [-0.05, 0) is 17.7 Å². The Balaban J connectivity index is 1.55. The van der Waals surface area contributed by atoms with Gasteiger partial charge in [-0.15, -0.1) is 0 Å². The van der Waals surface area contributed by atoms with Crippen molar-refractivity contribution in [2.75, 3.05) is 5.32 Å². The number of nitrogens with one attached hydrogen (secondary N) is 2. The highest BCUT2D eigenvalue weighted by atomic mass is 16.2. The zero-order valence-electron chi connectivity index (χ0n) is 15.7. The Morgan fingerprint density at radius 1 is 0.828 bits per heavy atom. The number of rotatable bonds is 4. The molecule has 29 heavy (non-hydrogen) atoms. The first-order valence-electron chi connectivity index (χ1n) is 9.61. The Hall–Kier alpha value is -3.86. The molecule has 1 aliphatic rings. The van der Waals surface area contributed by atoms with E-state index in [0.717, 1.165) is 22.5 Å². The number of carbonyl (C=O) groups is 1. The lowest BCUT2D eigenvalue weighted by atomic mass is 10.0. The molecule has 0 saturated heterocycles. The highest BCUT2D eigenvalue weighted by Gasteiger charge is 2.28. The van der Waals surface area contributed by atoms with Crippen LogP contribution in [0.2, 0.25) is 0 Å². The van der Waals surface area contributed by atoms with Gasteiger partial charge in [0.15, 0.2) is 0 Å². The molecule has 0 radical (unpaired) electrons. The average Bonchev–Trinajstić information content (AvgIpc) is 3.19. The number of aromatic nitrogens is 2. The Morgan fingerprint density at radius 2 is 1.52 bits per heavy atom. The van der Waals surface area contributed by atoms with E-state index in [1.807, 2.05) is 83.7 Å². The molecule has 0 unspecified atom stereocenters. The molecular weight excluding hydrogens is 360 g/mol. The second-order valence-corrected chi connectivity index (χ2v) is 7.08. The number of hydrogen-bond acceptors (Lipinski definition) is 3. The molecule has 1 atom stereocenters. The summed E-state index contributed by atoms with van der Waals surface area (Å²) in [6, 6.07) is 27.8. The summed E-state index contributed by atoms with van der Waals surface area (Å²) in [6.45, 7) is 0.665. The number of carbonyl (C=O) groups excluding carboxylic acids is 1. The molecule has 0 saturated carbocycles. The van der Waals surface area contributed by atoms with Gasteiger partial charge in [-0.25, -0.2) is 0 Å². The summed E-state index contributed by atoms with van der Waals surface area (Å²) in [5.41, 5.74) is 5.47. The number of fused-ring (bicyclic) bond motifs is 1. The van der Waals surface area contributed by atoms with Crippen molar-refractivity contribution < 1.29 is 4.79 Å². The molecule has 0 fully saturated rings. The minimum atomic E-state index is -0.350. The number of nitrogens with zero attached hydrogens (tertiary/aromatic N) is 2. The lowest BCUT2D eigenvalue weighted by molar-refractivity contribution is 0.0936. The quantitative estimate of drug-likeness (QED) is 0.550. The monoisotopic (exact) mass is 380 g/mol. The molecule has 5 rings (SSSR count). The number of para-hydroxylation sites is 1. The summed E-state index contributed by atoms with van der Waals surface area (Å²) in [7, 11) is 0. The normalized spacial score (nSPS) is 15.3. The van der Waals surface area contributed by atoms with Crippen LogP contribution in [0.1, 0.15) is 27.7 Å². The molecule has 5 nitrogen and oxygen atoms in total. The number of hydrogen-bond donors (Lipinski definition) is 2. The molecule has 1 amide bonds. The van der Waals surface area contributed by atoms with Crippen LogP contribution in [0.4, 0.5) is 5.69 Å². The van der Waals surface area contributed by atoms with Crippen LogP contribution in [0.3, 0.4) is 0 Å². The lowest BCUT2D eigenvalue weighted by Crippen LogP contribution is -2.38. The lowest BCUT2D eigenvalue weighted by Gasteiger charge is -2.27. The van der Waals surface area contributed by atoms with Crippen molar-refractivity contribution in [1.82, 2.24) is 15.1 Å². The van der Waals surface area contributed by atoms with E-state index in [-0.39, 0.29) is 12.1 Å². The summed E-state index contributed by atoms with van der Waals surface area (Å²) in [4.78, 5) is 12.6. The maximum Gasteiger partial charge on any atom is 0.255 e. The number of amides is 1. The first kappa shape index (κ1) is 17.3. The zero-order chi connectivity index (χ0) is 19.6. The predicted molar refractivity (Wildman–Crippen MR) is 113 cm³/mol. The molecule has 0 bridgehead atoms. The smallest absolute Gasteiger partial charge is 0.255 e. The van der Waals surface area contributed by atoms with Crippen LogP contribution < -0.4 is 10.6 Å². The van der Waals surface area contributed by atoms with Crippen molar-refractivity contribution in [3.63, 3.8) is 0 Å². The van der Waals surface area contributed by atoms with E-state index in [9.17, 15) is 4.79 Å². The summed E-state index contributed by atoms with van der Waals surface area (Å²) < 4.78 is 1.93. The minimum absolute atomic E-state index is 0.0841. The molecule has 5 heteroatoms. The first-order valence-corrected chi connectivity index (χ1v) is 9.61. The van der Waals surface area contributed by atoms with Crippen LogP contribution in [0.25, 0.3) is 11.3 Å². The largest absolute Gasteiger partial charge is 0.361 e. The maximum absolute atomic E-state index is 12.6. The fraction of sp³-hybridized carbons (Fsp3) is 0.0833. The van der Waals surface area contributed by atoms with Gasteiger partial charge >= 0.3 is 0 Å². The summed E-state index contributed by atoms with van der Waals surface area (Å²) in [6.07, 6.45) is 1.67. The summed E-state index contributed by atoms with van der Waals surface area (Å²) in [5, 5.41) is 11.4. The van der Waals surface area contributed by atoms with Crippen LogP contribution in [0.5, 0.6) is 0 Å². The molecule has 2 N–H and O–H groups in total. The molecule has 2 heterocycles. The second-order valence-electron chi connectivity index (χ2n) is 7.08. The number of anilines is 1. The zero-order valence-corrected chi connectivity index (χ0v) is 15.7. The summed E-state index contributed by atoms with van der Waals surface area (Å²) in [5.74, 6) is -0.0841. The Bertz CT molecular complexity index is 1150. The molecule has 142 valence electrons. The van der Waals surface area contributed by atoms with Crippen molar-refractivity contribution in [2.45, 2.75) is 12.7 Å². The first-order chi connectivity index (χ1) is 14.3. The maximum atomic E-state index is 12.6. The highest BCUT2D eigenvalue weighted by molar-refractivity contribution is 6.01. The van der Waals surface area contributed by atoms with E-state index in [1.54, 1.807) is 0 Å². The van der Waals surface area contributed by atoms with Gasteiger partial charge in [0.25, 0.3) is 5.91 Å². The van der Waals surface area contributed by atoms with Crippen molar-refractivity contribution in [2.24, 2.45) is 0 Å². The van der Waals surface area contributed by atoms with Crippen LogP contribution in [-0.2, 0) is 6.54 Å². The average molecular weight is 380 g/mol.